The molecule has 0 bridgehead atoms. The molecular formula is C11H15N3O2S2. The second-order valence-electron chi connectivity index (χ2n) is 3.42. The van der Waals surface area contributed by atoms with E-state index in [1.165, 1.54) is 36.7 Å². The molecule has 7 heteroatoms. The SMILES string of the molecule is COC(=O)/C=C(\C)CSc1nc(N)cc(SC)n1. The van der Waals surface area contributed by atoms with E-state index >= 15 is 0 Å². The highest BCUT2D eigenvalue weighted by atomic mass is 32.2. The van der Waals surface area contributed by atoms with Gasteiger partial charge >= 0.3 is 5.97 Å². The minimum Gasteiger partial charge on any atom is -0.466 e. The van der Waals surface area contributed by atoms with Crippen molar-refractivity contribution in [3.63, 3.8) is 0 Å². The van der Waals surface area contributed by atoms with Crippen LogP contribution in [-0.2, 0) is 9.53 Å². The number of hydrogen-bond acceptors (Lipinski definition) is 7. The third-order valence-electron chi connectivity index (χ3n) is 1.91. The smallest absolute Gasteiger partial charge is 0.330 e. The number of rotatable bonds is 5. The predicted octanol–water partition coefficient (Wildman–Crippen LogP) is 1.99. The fourth-order valence-electron chi connectivity index (χ4n) is 1.07. The normalized spacial score (nSPS) is 11.4. The van der Waals surface area contributed by atoms with Crippen molar-refractivity contribution in [3.05, 3.63) is 17.7 Å². The topological polar surface area (TPSA) is 78.1 Å². The van der Waals surface area contributed by atoms with Gasteiger partial charge in [-0.1, -0.05) is 17.3 Å². The molecule has 0 amide bonds. The summed E-state index contributed by atoms with van der Waals surface area (Å²) in [4.78, 5) is 19.5. The molecule has 1 heterocycles. The summed E-state index contributed by atoms with van der Waals surface area (Å²) in [6, 6.07) is 1.73. The minimum absolute atomic E-state index is 0.355. The lowest BCUT2D eigenvalue weighted by Gasteiger charge is -2.04. The summed E-state index contributed by atoms with van der Waals surface area (Å²) in [6.45, 7) is 1.85. The first-order chi connectivity index (χ1) is 8.55. The Morgan fingerprint density at radius 2 is 2.28 bits per heavy atom. The standard InChI is InChI=1S/C11H15N3O2S2/c1-7(4-10(15)16-2)6-18-11-13-8(12)5-9(14-11)17-3/h4-5H,6H2,1-3H3,(H2,12,13,14)/b7-4+. The van der Waals surface area contributed by atoms with Gasteiger partial charge in [-0.25, -0.2) is 14.8 Å². The summed E-state index contributed by atoms with van der Waals surface area (Å²) in [5.74, 6) is 0.713. The first kappa shape index (κ1) is 14.8. The average Bonchev–Trinajstić information content (AvgIpc) is 2.35. The summed E-state index contributed by atoms with van der Waals surface area (Å²) in [5.41, 5.74) is 6.57. The van der Waals surface area contributed by atoms with E-state index in [2.05, 4.69) is 14.7 Å². The third kappa shape index (κ3) is 4.97. The number of carbonyl (C=O) groups is 1. The van der Waals surface area contributed by atoms with E-state index < -0.39 is 0 Å². The Bertz CT molecular complexity index is 464. The van der Waals surface area contributed by atoms with E-state index in [-0.39, 0.29) is 5.97 Å². The fourth-order valence-corrected chi connectivity index (χ4v) is 2.32. The number of nitrogens with zero attached hydrogens (tertiary/aromatic N) is 2. The maximum Gasteiger partial charge on any atom is 0.330 e. The largest absolute Gasteiger partial charge is 0.466 e. The van der Waals surface area contributed by atoms with Crippen LogP contribution in [0.3, 0.4) is 0 Å². The van der Waals surface area contributed by atoms with Gasteiger partial charge in [-0.2, -0.15) is 0 Å². The lowest BCUT2D eigenvalue weighted by atomic mass is 10.3. The Hall–Kier alpha value is -1.21. The molecule has 0 aromatic carbocycles. The number of carbonyl (C=O) groups excluding carboxylic acids is 1. The molecule has 0 aliphatic heterocycles. The van der Waals surface area contributed by atoms with Gasteiger partial charge < -0.3 is 10.5 Å². The third-order valence-corrected chi connectivity index (χ3v) is 3.57. The molecular weight excluding hydrogens is 270 g/mol. The van der Waals surface area contributed by atoms with Crippen LogP contribution in [0.5, 0.6) is 0 Å². The molecule has 0 atom stereocenters. The molecule has 0 radical (unpaired) electrons. The van der Waals surface area contributed by atoms with Crippen molar-refractivity contribution >= 4 is 35.3 Å². The van der Waals surface area contributed by atoms with Gasteiger partial charge in [-0.15, -0.1) is 11.8 Å². The highest BCUT2D eigenvalue weighted by Crippen LogP contribution is 2.21. The van der Waals surface area contributed by atoms with Crippen molar-refractivity contribution in [2.45, 2.75) is 17.1 Å². The van der Waals surface area contributed by atoms with Crippen LogP contribution in [0, 0.1) is 0 Å². The number of nitrogen functional groups attached to an aromatic ring is 1. The zero-order valence-corrected chi connectivity index (χ0v) is 12.1. The fraction of sp³-hybridized carbons (Fsp3) is 0.364. The predicted molar refractivity (Wildman–Crippen MR) is 74.7 cm³/mol. The summed E-state index contributed by atoms with van der Waals surface area (Å²) >= 11 is 2.95. The molecule has 0 unspecified atom stereocenters. The minimum atomic E-state index is -0.355. The van der Waals surface area contributed by atoms with Crippen LogP contribution in [0.15, 0.2) is 27.9 Å². The molecule has 0 spiro atoms. The number of nitrogens with two attached hydrogens (primary N) is 1. The maximum atomic E-state index is 11.0. The maximum absolute atomic E-state index is 11.0. The van der Waals surface area contributed by atoms with Crippen molar-refractivity contribution in [2.75, 3.05) is 24.9 Å². The molecule has 0 fully saturated rings. The highest BCUT2D eigenvalue weighted by Gasteiger charge is 2.04. The zero-order chi connectivity index (χ0) is 13.5. The molecule has 0 aliphatic rings. The van der Waals surface area contributed by atoms with E-state index in [4.69, 9.17) is 5.73 Å². The Labute approximate surface area is 115 Å². The van der Waals surface area contributed by atoms with Crippen molar-refractivity contribution in [3.8, 4) is 0 Å². The van der Waals surface area contributed by atoms with Gasteiger partial charge in [0.15, 0.2) is 5.16 Å². The van der Waals surface area contributed by atoms with Gasteiger partial charge in [0, 0.05) is 17.9 Å². The monoisotopic (exact) mass is 285 g/mol. The van der Waals surface area contributed by atoms with Gasteiger partial charge in [0.25, 0.3) is 0 Å². The number of methoxy groups -OCH3 is 1. The lowest BCUT2D eigenvalue weighted by Crippen LogP contribution is -1.99. The second-order valence-corrected chi connectivity index (χ2v) is 5.19. The molecule has 0 aliphatic carbocycles. The number of anilines is 1. The molecule has 18 heavy (non-hydrogen) atoms. The van der Waals surface area contributed by atoms with Crippen molar-refractivity contribution < 1.29 is 9.53 Å². The Kier molecular flexibility index (Phi) is 6.00. The van der Waals surface area contributed by atoms with E-state index in [9.17, 15) is 4.79 Å². The van der Waals surface area contributed by atoms with Crippen molar-refractivity contribution in [2.24, 2.45) is 0 Å². The molecule has 1 aromatic heterocycles. The van der Waals surface area contributed by atoms with E-state index in [0.29, 0.717) is 16.7 Å². The molecule has 0 saturated carbocycles. The van der Waals surface area contributed by atoms with E-state index in [1.54, 1.807) is 6.07 Å². The Balaban J connectivity index is 2.66. The van der Waals surface area contributed by atoms with Gasteiger partial charge in [0.2, 0.25) is 0 Å². The molecule has 2 N–H and O–H groups in total. The van der Waals surface area contributed by atoms with Crippen molar-refractivity contribution in [1.82, 2.24) is 9.97 Å². The second kappa shape index (κ2) is 7.27. The highest BCUT2D eigenvalue weighted by molar-refractivity contribution is 7.99. The van der Waals surface area contributed by atoms with Crippen molar-refractivity contribution in [1.29, 1.82) is 0 Å². The van der Waals surface area contributed by atoms with Gasteiger partial charge in [0.05, 0.1) is 7.11 Å². The Morgan fingerprint density at radius 3 is 2.89 bits per heavy atom. The number of esters is 1. The van der Waals surface area contributed by atoms with Gasteiger partial charge in [-0.3, -0.25) is 0 Å². The van der Waals surface area contributed by atoms with Crippen LogP contribution < -0.4 is 5.73 Å². The quantitative estimate of drug-likeness (QED) is 0.291. The van der Waals surface area contributed by atoms with Crippen LogP contribution in [-0.4, -0.2) is 35.1 Å². The first-order valence-electron chi connectivity index (χ1n) is 5.11. The van der Waals surface area contributed by atoms with Crippen LogP contribution in [0.4, 0.5) is 5.82 Å². The van der Waals surface area contributed by atoms with E-state index in [0.717, 1.165) is 10.6 Å². The molecule has 5 nitrogen and oxygen atoms in total. The number of thioether (sulfide) groups is 2. The summed E-state index contributed by atoms with van der Waals surface area (Å²) in [5, 5.41) is 1.44. The lowest BCUT2D eigenvalue weighted by molar-refractivity contribution is -0.134. The van der Waals surface area contributed by atoms with E-state index in [1.807, 2.05) is 13.2 Å². The first-order valence-corrected chi connectivity index (χ1v) is 7.32. The van der Waals surface area contributed by atoms with Crippen LogP contribution in [0.2, 0.25) is 0 Å². The molecule has 1 aromatic rings. The zero-order valence-electron chi connectivity index (χ0n) is 10.5. The van der Waals surface area contributed by atoms with Crippen LogP contribution in [0.1, 0.15) is 6.92 Å². The molecule has 0 saturated heterocycles. The molecule has 1 rings (SSSR count). The summed E-state index contributed by atoms with van der Waals surface area (Å²) < 4.78 is 4.55. The van der Waals surface area contributed by atoms with Gasteiger partial charge in [0.1, 0.15) is 10.8 Å². The van der Waals surface area contributed by atoms with Crippen LogP contribution >= 0.6 is 23.5 Å². The molecule has 98 valence electrons. The number of ether oxygens (including phenoxy) is 1. The number of aromatic nitrogens is 2. The Morgan fingerprint density at radius 1 is 1.56 bits per heavy atom. The summed E-state index contributed by atoms with van der Waals surface area (Å²) in [7, 11) is 1.35. The summed E-state index contributed by atoms with van der Waals surface area (Å²) in [6.07, 6.45) is 3.38. The number of hydrogen-bond donors (Lipinski definition) is 1. The average molecular weight is 285 g/mol. The van der Waals surface area contributed by atoms with Gasteiger partial charge in [-0.05, 0) is 13.2 Å². The van der Waals surface area contributed by atoms with Crippen LogP contribution in [0.25, 0.3) is 0 Å².